The molecule has 0 amide bonds. The number of alkyl halides is 3. The maximum Gasteiger partial charge on any atom is 0.416 e. The Kier molecular flexibility index (Phi) is 4.39. The quantitative estimate of drug-likeness (QED) is 0.684. The van der Waals surface area contributed by atoms with E-state index in [4.69, 9.17) is 10.2 Å². The van der Waals surface area contributed by atoms with Crippen LogP contribution < -0.4 is 11.1 Å². The first-order valence-corrected chi connectivity index (χ1v) is 8.67. The van der Waals surface area contributed by atoms with Gasteiger partial charge in [0.25, 0.3) is 6.01 Å². The first-order valence-electron chi connectivity index (χ1n) is 8.67. The van der Waals surface area contributed by atoms with Crippen LogP contribution in [0.1, 0.15) is 23.1 Å². The summed E-state index contributed by atoms with van der Waals surface area (Å²) in [5.41, 5.74) is 9.23. The monoisotopic (exact) mass is 373 g/mol. The molecule has 1 aliphatic carbocycles. The topological polar surface area (TPSA) is 64.1 Å². The lowest BCUT2D eigenvalue weighted by molar-refractivity contribution is -0.137. The van der Waals surface area contributed by atoms with Crippen LogP contribution in [-0.4, -0.2) is 11.0 Å². The molecule has 3 N–H and O–H groups in total. The van der Waals surface area contributed by atoms with Gasteiger partial charge in [0, 0.05) is 17.3 Å². The molecular weight excluding hydrogens is 355 g/mol. The van der Waals surface area contributed by atoms with Crippen LogP contribution in [0.25, 0.3) is 11.3 Å². The number of fused-ring (bicyclic) bond motifs is 1. The van der Waals surface area contributed by atoms with Crippen LogP contribution in [0, 0.1) is 0 Å². The predicted molar refractivity (Wildman–Crippen MR) is 96.7 cm³/mol. The summed E-state index contributed by atoms with van der Waals surface area (Å²) in [6, 6.07) is 11.2. The molecule has 1 aromatic heterocycles. The van der Waals surface area contributed by atoms with E-state index in [0.29, 0.717) is 11.3 Å². The Balaban J connectivity index is 1.56. The number of benzene rings is 2. The zero-order valence-corrected chi connectivity index (χ0v) is 14.4. The van der Waals surface area contributed by atoms with Gasteiger partial charge in [0.05, 0.1) is 11.8 Å². The Bertz CT molecular complexity index is 948. The fourth-order valence-corrected chi connectivity index (χ4v) is 3.34. The summed E-state index contributed by atoms with van der Waals surface area (Å²) in [6.07, 6.45) is -0.182. The van der Waals surface area contributed by atoms with Gasteiger partial charge < -0.3 is 15.5 Å². The molecule has 1 heterocycles. The Morgan fingerprint density at radius 1 is 1.11 bits per heavy atom. The number of hydrogen-bond donors (Lipinski definition) is 2. The summed E-state index contributed by atoms with van der Waals surface area (Å²) in [6.45, 7) is 0. The van der Waals surface area contributed by atoms with Crippen LogP contribution in [0.2, 0.25) is 0 Å². The van der Waals surface area contributed by atoms with E-state index < -0.39 is 11.7 Å². The van der Waals surface area contributed by atoms with Crippen molar-refractivity contribution in [3.63, 3.8) is 0 Å². The van der Waals surface area contributed by atoms with E-state index in [0.717, 1.165) is 42.6 Å². The van der Waals surface area contributed by atoms with Crippen molar-refractivity contribution >= 4 is 11.7 Å². The maximum atomic E-state index is 12.7. The van der Waals surface area contributed by atoms with Crippen LogP contribution in [-0.2, 0) is 19.0 Å². The van der Waals surface area contributed by atoms with Gasteiger partial charge >= 0.3 is 6.18 Å². The van der Waals surface area contributed by atoms with Crippen molar-refractivity contribution in [3.05, 3.63) is 65.4 Å². The largest absolute Gasteiger partial charge is 0.423 e. The Morgan fingerprint density at radius 2 is 1.89 bits per heavy atom. The van der Waals surface area contributed by atoms with E-state index in [2.05, 4.69) is 16.4 Å². The summed E-state index contributed by atoms with van der Waals surface area (Å²) in [5, 5.41) is 3.17. The van der Waals surface area contributed by atoms with E-state index in [1.165, 1.54) is 23.9 Å². The Labute approximate surface area is 154 Å². The van der Waals surface area contributed by atoms with Gasteiger partial charge in [0.1, 0.15) is 0 Å². The standard InChI is InChI=1S/C20H18F3N3O/c21-20(22,23)14-7-4-13(5-8-14)18-11-25-19(27-18)26-17-3-1-2-12-6-9-15(24)10-16(12)17/h1-5,7-8,11,15H,6,9-10,24H2,(H,25,26). The number of oxazole rings is 1. The van der Waals surface area contributed by atoms with Gasteiger partial charge in [0.2, 0.25) is 0 Å². The number of aryl methyl sites for hydroxylation is 1. The van der Waals surface area contributed by atoms with E-state index in [1.54, 1.807) is 0 Å². The highest BCUT2D eigenvalue weighted by molar-refractivity contribution is 5.63. The van der Waals surface area contributed by atoms with Crippen molar-refractivity contribution in [3.8, 4) is 11.3 Å². The van der Waals surface area contributed by atoms with Gasteiger partial charge in [-0.05, 0) is 48.6 Å². The summed E-state index contributed by atoms with van der Waals surface area (Å²) >= 11 is 0. The molecular formula is C20H18F3N3O. The third-order valence-corrected chi connectivity index (χ3v) is 4.77. The molecule has 0 bridgehead atoms. The van der Waals surface area contributed by atoms with Crippen molar-refractivity contribution in [2.45, 2.75) is 31.5 Å². The van der Waals surface area contributed by atoms with E-state index in [9.17, 15) is 13.2 Å². The highest BCUT2D eigenvalue weighted by Gasteiger charge is 2.30. The second kappa shape index (κ2) is 6.74. The highest BCUT2D eigenvalue weighted by atomic mass is 19.4. The van der Waals surface area contributed by atoms with Gasteiger partial charge in [-0.1, -0.05) is 24.3 Å². The molecule has 1 unspecified atom stereocenters. The number of nitrogens with one attached hydrogen (secondary N) is 1. The Hall–Kier alpha value is -2.80. The molecule has 0 spiro atoms. The molecule has 4 nitrogen and oxygen atoms in total. The molecule has 140 valence electrons. The summed E-state index contributed by atoms with van der Waals surface area (Å²) in [7, 11) is 0. The molecule has 0 aliphatic heterocycles. The van der Waals surface area contributed by atoms with Gasteiger partial charge in [-0.15, -0.1) is 0 Å². The van der Waals surface area contributed by atoms with Crippen LogP contribution in [0.3, 0.4) is 0 Å². The molecule has 1 aliphatic rings. The molecule has 4 rings (SSSR count). The average Bonchev–Trinajstić information content (AvgIpc) is 3.10. The molecule has 1 atom stereocenters. The number of hydrogen-bond acceptors (Lipinski definition) is 4. The molecule has 0 radical (unpaired) electrons. The first kappa shape index (κ1) is 17.6. The number of halogens is 3. The van der Waals surface area contributed by atoms with E-state index >= 15 is 0 Å². The molecule has 7 heteroatoms. The number of nitrogens with zero attached hydrogens (tertiary/aromatic N) is 1. The summed E-state index contributed by atoms with van der Waals surface area (Å²) < 4.78 is 43.7. The van der Waals surface area contributed by atoms with E-state index in [-0.39, 0.29) is 12.1 Å². The third kappa shape index (κ3) is 3.68. The summed E-state index contributed by atoms with van der Waals surface area (Å²) in [4.78, 5) is 4.20. The van der Waals surface area contributed by atoms with Crippen LogP contribution in [0.4, 0.5) is 24.9 Å². The summed E-state index contributed by atoms with van der Waals surface area (Å²) in [5.74, 6) is 0.396. The normalized spacial score (nSPS) is 16.8. The minimum absolute atomic E-state index is 0.132. The Morgan fingerprint density at radius 3 is 2.63 bits per heavy atom. The van der Waals surface area contributed by atoms with Crippen molar-refractivity contribution in [1.29, 1.82) is 0 Å². The van der Waals surface area contributed by atoms with Gasteiger partial charge in [0.15, 0.2) is 5.76 Å². The zero-order chi connectivity index (χ0) is 19.0. The molecule has 0 fully saturated rings. The predicted octanol–water partition coefficient (Wildman–Crippen LogP) is 4.92. The molecule has 0 saturated heterocycles. The number of nitrogens with two attached hydrogens (primary N) is 1. The van der Waals surface area contributed by atoms with Crippen LogP contribution in [0.15, 0.2) is 53.1 Å². The van der Waals surface area contributed by atoms with Crippen LogP contribution in [0.5, 0.6) is 0 Å². The van der Waals surface area contributed by atoms with Gasteiger partial charge in [-0.2, -0.15) is 13.2 Å². The third-order valence-electron chi connectivity index (χ3n) is 4.77. The first-order chi connectivity index (χ1) is 12.9. The average molecular weight is 373 g/mol. The van der Waals surface area contributed by atoms with Crippen molar-refractivity contribution < 1.29 is 17.6 Å². The lowest BCUT2D eigenvalue weighted by Gasteiger charge is -2.23. The highest BCUT2D eigenvalue weighted by Crippen LogP contribution is 2.33. The fourth-order valence-electron chi connectivity index (χ4n) is 3.34. The second-order valence-electron chi connectivity index (χ2n) is 6.68. The van der Waals surface area contributed by atoms with Crippen LogP contribution >= 0.6 is 0 Å². The second-order valence-corrected chi connectivity index (χ2v) is 6.68. The maximum absolute atomic E-state index is 12.7. The lowest BCUT2D eigenvalue weighted by Crippen LogP contribution is -2.28. The number of anilines is 2. The smallest absolute Gasteiger partial charge is 0.416 e. The minimum atomic E-state index is -4.36. The van der Waals surface area contributed by atoms with Gasteiger partial charge in [-0.3, -0.25) is 0 Å². The molecule has 2 aromatic carbocycles. The van der Waals surface area contributed by atoms with Crippen molar-refractivity contribution in [1.82, 2.24) is 4.98 Å². The number of aromatic nitrogens is 1. The SMILES string of the molecule is NC1CCc2cccc(Nc3ncc(-c4ccc(C(F)(F)F)cc4)o3)c2C1. The number of rotatable bonds is 3. The van der Waals surface area contributed by atoms with Crippen molar-refractivity contribution in [2.24, 2.45) is 5.73 Å². The van der Waals surface area contributed by atoms with Gasteiger partial charge in [-0.25, -0.2) is 4.98 Å². The minimum Gasteiger partial charge on any atom is -0.423 e. The molecule has 3 aromatic rings. The molecule has 27 heavy (non-hydrogen) atoms. The molecule has 0 saturated carbocycles. The zero-order valence-electron chi connectivity index (χ0n) is 14.4. The van der Waals surface area contributed by atoms with E-state index in [1.807, 2.05) is 12.1 Å². The fraction of sp³-hybridized carbons (Fsp3) is 0.250. The van der Waals surface area contributed by atoms with Crippen molar-refractivity contribution in [2.75, 3.05) is 5.32 Å². The lowest BCUT2D eigenvalue weighted by atomic mass is 9.87.